The first-order valence-corrected chi connectivity index (χ1v) is 16.8. The van der Waals surface area contributed by atoms with Gasteiger partial charge in [-0.2, -0.15) is 0 Å². The molecule has 11 heteroatoms. The van der Waals surface area contributed by atoms with E-state index in [-0.39, 0.29) is 23.3 Å². The Morgan fingerprint density at radius 2 is 1.69 bits per heavy atom. The number of carbonyl (C=O) groups excluding carboxylic acids is 2. The number of anilines is 1. The molecule has 1 heterocycles. The van der Waals surface area contributed by atoms with Gasteiger partial charge in [-0.05, 0) is 97.2 Å². The molecule has 2 amide bonds. The molecular weight excluding hydrogens is 624 g/mol. The zero-order valence-corrected chi connectivity index (χ0v) is 28.7. The third kappa shape index (κ3) is 6.75. The molecule has 2 aliphatic rings. The van der Waals surface area contributed by atoms with Crippen LogP contribution in [-0.4, -0.2) is 51.8 Å². The minimum atomic E-state index is -0.391. The van der Waals surface area contributed by atoms with E-state index in [4.69, 9.17) is 18.9 Å². The number of aromatic nitrogens is 1. The molecule has 0 spiro atoms. The summed E-state index contributed by atoms with van der Waals surface area (Å²) in [6, 6.07) is 12.7. The first-order valence-electron chi connectivity index (χ1n) is 16.8. The molecule has 1 aromatic heterocycles. The van der Waals surface area contributed by atoms with E-state index in [1.54, 1.807) is 40.6 Å². The van der Waals surface area contributed by atoms with Gasteiger partial charge in [0.15, 0.2) is 11.5 Å². The summed E-state index contributed by atoms with van der Waals surface area (Å²) >= 11 is 0. The number of amides is 2. The number of benzene rings is 2. The number of hydrogen-bond donors (Lipinski definition) is 4. The Labute approximate surface area is 285 Å². The number of aromatic amines is 1. The third-order valence-electron chi connectivity index (χ3n) is 9.56. The Hall–Kier alpha value is -5.19. The molecule has 0 radical (unpaired) electrons. The standard InChI is InChI=1S/C38H44N4O7/c1-21(43)40-28-14-11-22-18-33(47-3)37(48-4)38(49-5)35(22)24-13-16-30(32(44)20-27(24)28)39-17-7-10-34(45)41-31-9-6-8-25-26-19-23(46-2)12-15-29(26)42-36(25)31/h12-13,15-16,18-20,28,31,42H,6-11,14,17H2,1-5H3,(H,39,44)(H,40,43)(H,41,45)/t28-,31?/m1/s1. The molecule has 0 saturated heterocycles. The van der Waals surface area contributed by atoms with Crippen molar-refractivity contribution in [2.75, 3.05) is 40.3 Å². The van der Waals surface area contributed by atoms with Crippen LogP contribution >= 0.6 is 0 Å². The third-order valence-corrected chi connectivity index (χ3v) is 9.56. The van der Waals surface area contributed by atoms with Gasteiger partial charge in [0.05, 0.1) is 46.2 Å². The second kappa shape index (κ2) is 14.5. The summed E-state index contributed by atoms with van der Waals surface area (Å²) in [6.07, 6.45) is 4.87. The molecule has 1 unspecified atom stereocenters. The van der Waals surface area contributed by atoms with Gasteiger partial charge in [0.1, 0.15) is 5.75 Å². The molecule has 2 atom stereocenters. The zero-order valence-electron chi connectivity index (χ0n) is 28.7. The van der Waals surface area contributed by atoms with Crippen molar-refractivity contribution >= 4 is 28.4 Å². The van der Waals surface area contributed by atoms with Crippen LogP contribution in [0.15, 0.2) is 47.3 Å². The fourth-order valence-corrected chi connectivity index (χ4v) is 7.31. The van der Waals surface area contributed by atoms with E-state index < -0.39 is 6.04 Å². The van der Waals surface area contributed by atoms with Crippen LogP contribution in [0.4, 0.5) is 5.69 Å². The minimum absolute atomic E-state index is 0.0326. The second-order valence-electron chi connectivity index (χ2n) is 12.6. The lowest BCUT2D eigenvalue weighted by atomic mass is 9.91. The van der Waals surface area contributed by atoms with Gasteiger partial charge < -0.3 is 39.9 Å². The highest BCUT2D eigenvalue weighted by molar-refractivity contribution is 5.87. The number of methoxy groups -OCH3 is 4. The van der Waals surface area contributed by atoms with E-state index in [1.165, 1.54) is 12.5 Å². The summed E-state index contributed by atoms with van der Waals surface area (Å²) in [5.74, 6) is 2.09. The molecule has 3 aromatic carbocycles. The Bertz CT molecular complexity index is 1950. The zero-order chi connectivity index (χ0) is 34.7. The van der Waals surface area contributed by atoms with Gasteiger partial charge in [0.2, 0.25) is 23.0 Å². The number of carbonyl (C=O) groups is 2. The summed E-state index contributed by atoms with van der Waals surface area (Å²) in [5, 5.41) is 10.6. The summed E-state index contributed by atoms with van der Waals surface area (Å²) in [7, 11) is 6.37. The molecule has 0 bridgehead atoms. The van der Waals surface area contributed by atoms with Crippen molar-refractivity contribution in [2.45, 2.75) is 64.0 Å². The van der Waals surface area contributed by atoms with Crippen LogP contribution in [0, 0.1) is 0 Å². The number of aryl methyl sites for hydroxylation is 2. The molecule has 4 N–H and O–H groups in total. The summed E-state index contributed by atoms with van der Waals surface area (Å²) in [5.41, 5.74) is 6.75. The largest absolute Gasteiger partial charge is 0.497 e. The predicted octanol–water partition coefficient (Wildman–Crippen LogP) is 5.74. The smallest absolute Gasteiger partial charge is 0.220 e. The minimum Gasteiger partial charge on any atom is -0.497 e. The van der Waals surface area contributed by atoms with Crippen LogP contribution in [0.3, 0.4) is 0 Å². The Balaban J connectivity index is 1.19. The molecule has 11 nitrogen and oxygen atoms in total. The number of fused-ring (bicyclic) bond motifs is 6. The molecule has 0 saturated carbocycles. The first kappa shape index (κ1) is 33.7. The van der Waals surface area contributed by atoms with E-state index in [0.29, 0.717) is 60.7 Å². The topological polar surface area (TPSA) is 140 Å². The van der Waals surface area contributed by atoms with Gasteiger partial charge in [0, 0.05) is 42.0 Å². The highest BCUT2D eigenvalue weighted by atomic mass is 16.5. The Morgan fingerprint density at radius 1 is 0.878 bits per heavy atom. The second-order valence-corrected chi connectivity index (χ2v) is 12.6. The molecule has 49 heavy (non-hydrogen) atoms. The normalized spacial score (nSPS) is 16.3. The van der Waals surface area contributed by atoms with Crippen LogP contribution in [0.5, 0.6) is 23.0 Å². The van der Waals surface area contributed by atoms with Crippen LogP contribution in [0.1, 0.15) is 73.5 Å². The fraction of sp³-hybridized carbons (Fsp3) is 0.395. The van der Waals surface area contributed by atoms with Crippen LogP contribution in [0.25, 0.3) is 22.0 Å². The number of nitrogens with one attached hydrogen (secondary N) is 4. The SMILES string of the molecule is COc1ccc2[nH]c3c(c2c1)CCCC3NC(=O)CCCNc1ccc2c(cc1=O)[C@H](NC(C)=O)CCc1cc(OC)c(OC)c(OC)c1-2. The van der Waals surface area contributed by atoms with Gasteiger partial charge in [-0.25, -0.2) is 0 Å². The van der Waals surface area contributed by atoms with Crippen molar-refractivity contribution in [3.63, 3.8) is 0 Å². The quantitative estimate of drug-likeness (QED) is 0.149. The van der Waals surface area contributed by atoms with Crippen molar-refractivity contribution in [1.29, 1.82) is 0 Å². The van der Waals surface area contributed by atoms with Crippen LogP contribution < -0.4 is 40.3 Å². The lowest BCUT2D eigenvalue weighted by Crippen LogP contribution is -2.31. The van der Waals surface area contributed by atoms with Crippen LogP contribution in [-0.2, 0) is 22.4 Å². The summed E-state index contributed by atoms with van der Waals surface area (Å²) in [6.45, 7) is 1.90. The van der Waals surface area contributed by atoms with E-state index >= 15 is 0 Å². The van der Waals surface area contributed by atoms with E-state index in [0.717, 1.165) is 58.3 Å². The number of hydrogen-bond acceptors (Lipinski definition) is 8. The molecule has 258 valence electrons. The van der Waals surface area contributed by atoms with Gasteiger partial charge in [-0.15, -0.1) is 0 Å². The summed E-state index contributed by atoms with van der Waals surface area (Å²) in [4.78, 5) is 42.4. The Kier molecular flexibility index (Phi) is 9.98. The maximum Gasteiger partial charge on any atom is 0.220 e. The summed E-state index contributed by atoms with van der Waals surface area (Å²) < 4.78 is 22.6. The van der Waals surface area contributed by atoms with E-state index in [2.05, 4.69) is 27.0 Å². The lowest BCUT2D eigenvalue weighted by Gasteiger charge is -2.24. The number of H-pyrrole nitrogens is 1. The number of ether oxygens (including phenoxy) is 4. The fourth-order valence-electron chi connectivity index (χ4n) is 7.31. The van der Waals surface area contributed by atoms with Crippen molar-refractivity contribution < 1.29 is 28.5 Å². The van der Waals surface area contributed by atoms with E-state index in [1.807, 2.05) is 24.3 Å². The molecular formula is C38H44N4O7. The van der Waals surface area contributed by atoms with Gasteiger partial charge >= 0.3 is 0 Å². The van der Waals surface area contributed by atoms with Gasteiger partial charge in [0.25, 0.3) is 0 Å². The average Bonchev–Trinajstić information content (AvgIpc) is 3.32. The molecule has 0 fully saturated rings. The number of rotatable bonds is 11. The van der Waals surface area contributed by atoms with E-state index in [9.17, 15) is 14.4 Å². The maximum atomic E-state index is 13.6. The molecule has 6 rings (SSSR count). The maximum absolute atomic E-state index is 13.6. The van der Waals surface area contributed by atoms with Gasteiger partial charge in [-0.1, -0.05) is 6.07 Å². The van der Waals surface area contributed by atoms with Crippen molar-refractivity contribution in [2.24, 2.45) is 0 Å². The van der Waals surface area contributed by atoms with Crippen LogP contribution in [0.2, 0.25) is 0 Å². The van der Waals surface area contributed by atoms with Crippen molar-refractivity contribution in [3.05, 3.63) is 75.1 Å². The van der Waals surface area contributed by atoms with Crippen molar-refractivity contribution in [3.8, 4) is 34.1 Å². The highest BCUT2D eigenvalue weighted by Gasteiger charge is 2.30. The lowest BCUT2D eigenvalue weighted by molar-refractivity contribution is -0.122. The van der Waals surface area contributed by atoms with Crippen molar-refractivity contribution in [1.82, 2.24) is 15.6 Å². The highest BCUT2D eigenvalue weighted by Crippen LogP contribution is 2.50. The molecule has 4 aromatic rings. The predicted molar refractivity (Wildman–Crippen MR) is 189 cm³/mol. The molecule has 0 aliphatic heterocycles. The first-order chi connectivity index (χ1) is 23.8. The Morgan fingerprint density at radius 3 is 2.43 bits per heavy atom. The average molecular weight is 669 g/mol. The van der Waals surface area contributed by atoms with Gasteiger partial charge in [-0.3, -0.25) is 14.4 Å². The molecule has 2 aliphatic carbocycles. The monoisotopic (exact) mass is 668 g/mol.